The maximum atomic E-state index is 12.1. The van der Waals surface area contributed by atoms with Crippen LogP contribution in [0.1, 0.15) is 25.7 Å². The molecule has 0 bridgehead atoms. The zero-order valence-corrected chi connectivity index (χ0v) is 11.9. The van der Waals surface area contributed by atoms with E-state index in [4.69, 9.17) is 9.47 Å². The SMILES string of the molecule is COCC1(CNC(=O)C2CCCOC2)CCNCC1. The van der Waals surface area contributed by atoms with Crippen LogP contribution in [-0.2, 0) is 14.3 Å². The summed E-state index contributed by atoms with van der Waals surface area (Å²) in [6.45, 7) is 4.82. The summed E-state index contributed by atoms with van der Waals surface area (Å²) < 4.78 is 10.7. The minimum Gasteiger partial charge on any atom is -0.384 e. The molecular formula is C14H26N2O3. The first-order valence-corrected chi connectivity index (χ1v) is 7.31. The topological polar surface area (TPSA) is 59.6 Å². The van der Waals surface area contributed by atoms with Gasteiger partial charge in [-0.25, -0.2) is 0 Å². The van der Waals surface area contributed by atoms with Crippen LogP contribution in [0.15, 0.2) is 0 Å². The first-order chi connectivity index (χ1) is 9.26. The van der Waals surface area contributed by atoms with Gasteiger partial charge in [0.15, 0.2) is 0 Å². The van der Waals surface area contributed by atoms with Gasteiger partial charge in [-0.15, -0.1) is 0 Å². The van der Waals surface area contributed by atoms with Gasteiger partial charge in [0.05, 0.1) is 19.1 Å². The van der Waals surface area contributed by atoms with E-state index in [1.54, 1.807) is 7.11 Å². The Morgan fingerprint density at radius 1 is 1.47 bits per heavy atom. The molecule has 0 aliphatic carbocycles. The second-order valence-corrected chi connectivity index (χ2v) is 5.81. The number of carbonyl (C=O) groups excluding carboxylic acids is 1. The minimum absolute atomic E-state index is 0.0371. The second kappa shape index (κ2) is 7.22. The number of carbonyl (C=O) groups is 1. The van der Waals surface area contributed by atoms with Gasteiger partial charge in [-0.1, -0.05) is 0 Å². The Labute approximate surface area is 115 Å². The third-order valence-electron chi connectivity index (χ3n) is 4.28. The van der Waals surface area contributed by atoms with Gasteiger partial charge in [-0.2, -0.15) is 0 Å². The lowest BCUT2D eigenvalue weighted by molar-refractivity contribution is -0.129. The number of hydrogen-bond acceptors (Lipinski definition) is 4. The highest BCUT2D eigenvalue weighted by Crippen LogP contribution is 2.28. The molecule has 110 valence electrons. The normalized spacial score (nSPS) is 26.9. The van der Waals surface area contributed by atoms with Crippen molar-refractivity contribution in [3.63, 3.8) is 0 Å². The maximum Gasteiger partial charge on any atom is 0.225 e. The minimum atomic E-state index is 0.0371. The number of hydrogen-bond donors (Lipinski definition) is 2. The average molecular weight is 270 g/mol. The Balaban J connectivity index is 1.82. The van der Waals surface area contributed by atoms with Crippen molar-refractivity contribution >= 4 is 5.91 Å². The highest BCUT2D eigenvalue weighted by atomic mass is 16.5. The highest BCUT2D eigenvalue weighted by Gasteiger charge is 2.33. The van der Waals surface area contributed by atoms with E-state index in [-0.39, 0.29) is 17.2 Å². The van der Waals surface area contributed by atoms with Crippen molar-refractivity contribution in [3.05, 3.63) is 0 Å². The fourth-order valence-corrected chi connectivity index (χ4v) is 3.00. The molecular weight excluding hydrogens is 244 g/mol. The summed E-state index contributed by atoms with van der Waals surface area (Å²) in [4.78, 5) is 12.1. The van der Waals surface area contributed by atoms with Crippen molar-refractivity contribution < 1.29 is 14.3 Å². The molecule has 5 nitrogen and oxygen atoms in total. The summed E-state index contributed by atoms with van der Waals surface area (Å²) in [7, 11) is 1.74. The summed E-state index contributed by atoms with van der Waals surface area (Å²) in [5.41, 5.74) is 0.102. The average Bonchev–Trinajstić information content (AvgIpc) is 2.47. The van der Waals surface area contributed by atoms with Crippen LogP contribution in [0.2, 0.25) is 0 Å². The van der Waals surface area contributed by atoms with Crippen molar-refractivity contribution in [2.24, 2.45) is 11.3 Å². The molecule has 2 aliphatic rings. The summed E-state index contributed by atoms with van der Waals surface area (Å²) in [5, 5.41) is 6.48. The lowest BCUT2D eigenvalue weighted by atomic mass is 9.79. The first kappa shape index (κ1) is 14.8. The maximum absolute atomic E-state index is 12.1. The Morgan fingerprint density at radius 2 is 2.26 bits per heavy atom. The van der Waals surface area contributed by atoms with Crippen LogP contribution < -0.4 is 10.6 Å². The van der Waals surface area contributed by atoms with E-state index in [0.29, 0.717) is 6.61 Å². The van der Waals surface area contributed by atoms with Crippen molar-refractivity contribution in [1.29, 1.82) is 0 Å². The number of ether oxygens (including phenoxy) is 2. The van der Waals surface area contributed by atoms with Crippen LogP contribution in [0.4, 0.5) is 0 Å². The van der Waals surface area contributed by atoms with Gasteiger partial charge in [0.2, 0.25) is 5.91 Å². The van der Waals surface area contributed by atoms with Crippen molar-refractivity contribution in [3.8, 4) is 0 Å². The van der Waals surface area contributed by atoms with E-state index in [1.807, 2.05) is 0 Å². The van der Waals surface area contributed by atoms with Gasteiger partial charge < -0.3 is 20.1 Å². The molecule has 2 heterocycles. The Kier molecular flexibility index (Phi) is 5.60. The van der Waals surface area contributed by atoms with Crippen LogP contribution in [-0.4, -0.2) is 52.5 Å². The zero-order chi connectivity index (χ0) is 13.6. The van der Waals surface area contributed by atoms with E-state index in [2.05, 4.69) is 10.6 Å². The fraction of sp³-hybridized carbons (Fsp3) is 0.929. The largest absolute Gasteiger partial charge is 0.384 e. The predicted molar refractivity (Wildman–Crippen MR) is 73.0 cm³/mol. The van der Waals surface area contributed by atoms with E-state index in [9.17, 15) is 4.79 Å². The standard InChI is InChI=1S/C14H26N2O3/c1-18-11-14(4-6-15-7-5-14)10-16-13(17)12-3-2-8-19-9-12/h12,15H,2-11H2,1H3,(H,16,17). The lowest BCUT2D eigenvalue weighted by Gasteiger charge is -2.37. The van der Waals surface area contributed by atoms with Gasteiger partial charge in [0, 0.05) is 25.7 Å². The number of rotatable bonds is 5. The molecule has 2 fully saturated rings. The summed E-state index contributed by atoms with van der Waals surface area (Å²) in [6.07, 6.45) is 4.06. The summed E-state index contributed by atoms with van der Waals surface area (Å²) in [5.74, 6) is 0.184. The van der Waals surface area contributed by atoms with E-state index in [1.165, 1.54) is 0 Å². The van der Waals surface area contributed by atoms with Gasteiger partial charge in [-0.05, 0) is 38.8 Å². The number of piperidine rings is 1. The van der Waals surface area contributed by atoms with Gasteiger partial charge in [-0.3, -0.25) is 4.79 Å². The quantitative estimate of drug-likeness (QED) is 0.766. The summed E-state index contributed by atoms with van der Waals surface area (Å²) in [6, 6.07) is 0. The molecule has 1 atom stereocenters. The van der Waals surface area contributed by atoms with E-state index >= 15 is 0 Å². The fourth-order valence-electron chi connectivity index (χ4n) is 3.00. The molecule has 0 radical (unpaired) electrons. The monoisotopic (exact) mass is 270 g/mol. The molecule has 0 aromatic carbocycles. The molecule has 0 saturated carbocycles. The van der Waals surface area contributed by atoms with E-state index in [0.717, 1.165) is 58.5 Å². The highest BCUT2D eigenvalue weighted by molar-refractivity contribution is 5.78. The molecule has 2 rings (SSSR count). The number of methoxy groups -OCH3 is 1. The van der Waals surface area contributed by atoms with Gasteiger partial charge in [0.25, 0.3) is 0 Å². The van der Waals surface area contributed by atoms with Crippen LogP contribution in [0.25, 0.3) is 0 Å². The van der Waals surface area contributed by atoms with Crippen LogP contribution >= 0.6 is 0 Å². The van der Waals surface area contributed by atoms with Crippen LogP contribution in [0.3, 0.4) is 0 Å². The molecule has 0 aromatic heterocycles. The Morgan fingerprint density at radius 3 is 2.89 bits per heavy atom. The number of nitrogens with one attached hydrogen (secondary N) is 2. The Bertz CT molecular complexity index is 279. The van der Waals surface area contributed by atoms with Crippen LogP contribution in [0.5, 0.6) is 0 Å². The molecule has 2 aliphatic heterocycles. The number of amides is 1. The van der Waals surface area contributed by atoms with Crippen LogP contribution in [0, 0.1) is 11.3 Å². The third-order valence-corrected chi connectivity index (χ3v) is 4.28. The Hall–Kier alpha value is -0.650. The first-order valence-electron chi connectivity index (χ1n) is 7.31. The van der Waals surface area contributed by atoms with Crippen molar-refractivity contribution in [1.82, 2.24) is 10.6 Å². The smallest absolute Gasteiger partial charge is 0.225 e. The molecule has 2 saturated heterocycles. The molecule has 1 unspecified atom stereocenters. The molecule has 19 heavy (non-hydrogen) atoms. The molecule has 5 heteroatoms. The van der Waals surface area contributed by atoms with Crippen molar-refractivity contribution in [2.45, 2.75) is 25.7 Å². The van der Waals surface area contributed by atoms with Gasteiger partial charge >= 0.3 is 0 Å². The summed E-state index contributed by atoms with van der Waals surface area (Å²) >= 11 is 0. The molecule has 2 N–H and O–H groups in total. The van der Waals surface area contributed by atoms with Gasteiger partial charge in [0.1, 0.15) is 0 Å². The predicted octanol–water partition coefficient (Wildman–Crippen LogP) is 0.545. The molecule has 0 spiro atoms. The lowest BCUT2D eigenvalue weighted by Crippen LogP contribution is -2.48. The van der Waals surface area contributed by atoms with Crippen molar-refractivity contribution in [2.75, 3.05) is 46.6 Å². The third kappa shape index (κ3) is 4.16. The second-order valence-electron chi connectivity index (χ2n) is 5.81. The van der Waals surface area contributed by atoms with E-state index < -0.39 is 0 Å². The molecule has 0 aromatic rings. The molecule has 1 amide bonds. The zero-order valence-electron chi connectivity index (χ0n) is 11.9.